The van der Waals surface area contributed by atoms with Crippen LogP contribution in [-0.4, -0.2) is 30.9 Å². The van der Waals surface area contributed by atoms with E-state index in [1.54, 1.807) is 0 Å². The summed E-state index contributed by atoms with van der Waals surface area (Å²) in [6, 6.07) is 6.13. The van der Waals surface area contributed by atoms with Crippen LogP contribution in [0, 0.1) is 13.8 Å². The molecule has 1 unspecified atom stereocenters. The lowest BCUT2D eigenvalue weighted by Crippen LogP contribution is -2.44. The Balaban J connectivity index is 2.57. The monoisotopic (exact) mass is 237 g/mol. The van der Waals surface area contributed by atoms with Gasteiger partial charge in [0.15, 0.2) is 0 Å². The molecule has 0 aliphatic carbocycles. The molecule has 0 aromatic heterocycles. The van der Waals surface area contributed by atoms with Gasteiger partial charge in [0, 0.05) is 12.0 Å². The maximum absolute atomic E-state index is 9.27. The van der Waals surface area contributed by atoms with Crippen molar-refractivity contribution in [3.63, 3.8) is 0 Å². The molecule has 0 heterocycles. The molecule has 1 aromatic carbocycles. The van der Waals surface area contributed by atoms with Crippen molar-refractivity contribution in [2.75, 3.05) is 20.3 Å². The molecule has 0 spiro atoms. The van der Waals surface area contributed by atoms with Crippen molar-refractivity contribution >= 4 is 0 Å². The topological polar surface area (TPSA) is 41.5 Å². The second kappa shape index (κ2) is 6.03. The lowest BCUT2D eigenvalue weighted by molar-refractivity contribution is 0.150. The van der Waals surface area contributed by atoms with Gasteiger partial charge in [-0.1, -0.05) is 18.2 Å². The predicted octanol–water partition coefficient (Wildman–Crippen LogP) is 2.04. The van der Waals surface area contributed by atoms with Gasteiger partial charge in [-0.25, -0.2) is 0 Å². The molecule has 1 aromatic rings. The van der Waals surface area contributed by atoms with Gasteiger partial charge in [0.05, 0.1) is 13.2 Å². The zero-order chi connectivity index (χ0) is 12.9. The Morgan fingerprint density at radius 3 is 2.35 bits per heavy atom. The molecule has 0 fully saturated rings. The first-order chi connectivity index (χ1) is 8.02. The number of hydrogen-bond acceptors (Lipinski definition) is 3. The number of hydrogen-bond donors (Lipinski definition) is 2. The Labute approximate surface area is 104 Å². The zero-order valence-electron chi connectivity index (χ0n) is 11.2. The van der Waals surface area contributed by atoms with Crippen molar-refractivity contribution in [3.05, 3.63) is 29.3 Å². The molecular formula is C14H23NO2. The fourth-order valence-corrected chi connectivity index (χ4v) is 1.69. The Morgan fingerprint density at radius 2 is 1.88 bits per heavy atom. The van der Waals surface area contributed by atoms with Gasteiger partial charge < -0.3 is 15.2 Å². The van der Waals surface area contributed by atoms with E-state index in [1.807, 2.05) is 46.0 Å². The van der Waals surface area contributed by atoms with Crippen LogP contribution in [0.1, 0.15) is 24.5 Å². The number of aliphatic hydroxyl groups is 1. The van der Waals surface area contributed by atoms with E-state index in [1.165, 1.54) is 0 Å². The molecule has 0 radical (unpaired) electrons. The van der Waals surface area contributed by atoms with Gasteiger partial charge >= 0.3 is 0 Å². The van der Waals surface area contributed by atoms with Crippen molar-refractivity contribution in [1.82, 2.24) is 5.32 Å². The van der Waals surface area contributed by atoms with Crippen molar-refractivity contribution in [2.45, 2.75) is 32.7 Å². The third-order valence-electron chi connectivity index (χ3n) is 3.26. The second-order valence-corrected chi connectivity index (χ2v) is 4.79. The highest BCUT2D eigenvalue weighted by atomic mass is 16.5. The average molecular weight is 237 g/mol. The first-order valence-electron chi connectivity index (χ1n) is 6.01. The fraction of sp³-hybridized carbons (Fsp3) is 0.571. The van der Waals surface area contributed by atoms with Gasteiger partial charge in [-0.05, 0) is 38.9 Å². The molecule has 0 aliphatic heterocycles. The first-order valence-corrected chi connectivity index (χ1v) is 6.01. The molecule has 0 aliphatic rings. The van der Waals surface area contributed by atoms with E-state index in [0.29, 0.717) is 6.61 Å². The molecule has 96 valence electrons. The van der Waals surface area contributed by atoms with Crippen LogP contribution in [-0.2, 0) is 0 Å². The molecule has 0 bridgehead atoms. The number of aryl methyl sites for hydroxylation is 2. The highest BCUT2D eigenvalue weighted by molar-refractivity contribution is 5.39. The summed E-state index contributed by atoms with van der Waals surface area (Å²) in [7, 11) is 1.86. The Morgan fingerprint density at radius 1 is 1.29 bits per heavy atom. The molecule has 0 amide bonds. The van der Waals surface area contributed by atoms with Gasteiger partial charge in [0.25, 0.3) is 0 Å². The van der Waals surface area contributed by atoms with E-state index in [-0.39, 0.29) is 12.1 Å². The molecule has 1 rings (SSSR count). The molecule has 3 heteroatoms. The van der Waals surface area contributed by atoms with E-state index in [4.69, 9.17) is 4.74 Å². The minimum atomic E-state index is -0.267. The highest BCUT2D eigenvalue weighted by Crippen LogP contribution is 2.23. The summed E-state index contributed by atoms with van der Waals surface area (Å²) >= 11 is 0. The Kier molecular flexibility index (Phi) is 4.97. The van der Waals surface area contributed by atoms with Crippen LogP contribution in [0.5, 0.6) is 5.75 Å². The molecule has 1 atom stereocenters. The predicted molar refractivity (Wildman–Crippen MR) is 70.6 cm³/mol. The van der Waals surface area contributed by atoms with Gasteiger partial charge in [-0.2, -0.15) is 0 Å². The summed E-state index contributed by atoms with van der Waals surface area (Å²) < 4.78 is 5.82. The normalized spacial score (nSPS) is 14.4. The average Bonchev–Trinajstić information content (AvgIpc) is 2.32. The molecule has 2 N–H and O–H groups in total. The van der Waals surface area contributed by atoms with E-state index in [2.05, 4.69) is 5.32 Å². The minimum absolute atomic E-state index is 0.111. The van der Waals surface area contributed by atoms with E-state index >= 15 is 0 Å². The van der Waals surface area contributed by atoms with Crippen LogP contribution in [0.2, 0.25) is 0 Å². The number of ether oxygens (including phenoxy) is 1. The van der Waals surface area contributed by atoms with Gasteiger partial charge in [-0.3, -0.25) is 0 Å². The number of benzene rings is 1. The maximum Gasteiger partial charge on any atom is 0.125 e. The largest absolute Gasteiger partial charge is 0.493 e. The summed E-state index contributed by atoms with van der Waals surface area (Å²) in [6.07, 6.45) is 0.772. The lowest BCUT2D eigenvalue weighted by atomic mass is 10.0. The SMILES string of the molecule is CNC(C)(CO)CCOc1c(C)cccc1C. The number of aliphatic hydroxyl groups excluding tert-OH is 1. The third-order valence-corrected chi connectivity index (χ3v) is 3.26. The van der Waals surface area contributed by atoms with Crippen molar-refractivity contribution < 1.29 is 9.84 Å². The lowest BCUT2D eigenvalue weighted by Gasteiger charge is -2.27. The van der Waals surface area contributed by atoms with Gasteiger partial charge in [0.2, 0.25) is 0 Å². The summed E-state index contributed by atoms with van der Waals surface area (Å²) in [5.74, 6) is 0.962. The molecule has 0 saturated heterocycles. The quantitative estimate of drug-likeness (QED) is 0.795. The van der Waals surface area contributed by atoms with Crippen LogP contribution >= 0.6 is 0 Å². The Bertz CT molecular complexity index is 339. The van der Waals surface area contributed by atoms with Crippen LogP contribution in [0.3, 0.4) is 0 Å². The van der Waals surface area contributed by atoms with Gasteiger partial charge in [0.1, 0.15) is 5.75 Å². The molecule has 0 saturated carbocycles. The van der Waals surface area contributed by atoms with Crippen LogP contribution < -0.4 is 10.1 Å². The number of nitrogens with one attached hydrogen (secondary N) is 1. The number of para-hydroxylation sites is 1. The zero-order valence-corrected chi connectivity index (χ0v) is 11.2. The second-order valence-electron chi connectivity index (χ2n) is 4.79. The summed E-state index contributed by atoms with van der Waals surface area (Å²) in [6.45, 7) is 6.79. The highest BCUT2D eigenvalue weighted by Gasteiger charge is 2.20. The summed E-state index contributed by atoms with van der Waals surface area (Å²) in [5.41, 5.74) is 2.04. The van der Waals surface area contributed by atoms with Crippen LogP contribution in [0.15, 0.2) is 18.2 Å². The van der Waals surface area contributed by atoms with E-state index < -0.39 is 0 Å². The van der Waals surface area contributed by atoms with Crippen molar-refractivity contribution in [2.24, 2.45) is 0 Å². The Hall–Kier alpha value is -1.06. The third kappa shape index (κ3) is 3.72. The maximum atomic E-state index is 9.27. The standard InChI is InChI=1S/C14H23NO2/c1-11-6-5-7-12(2)13(11)17-9-8-14(3,10-16)15-4/h5-7,15-16H,8-10H2,1-4H3. The summed E-state index contributed by atoms with van der Waals surface area (Å²) in [4.78, 5) is 0. The number of likely N-dealkylation sites (N-methyl/N-ethyl adjacent to an activating group) is 1. The minimum Gasteiger partial charge on any atom is -0.493 e. The van der Waals surface area contributed by atoms with Crippen molar-refractivity contribution in [1.29, 1.82) is 0 Å². The van der Waals surface area contributed by atoms with Crippen molar-refractivity contribution in [3.8, 4) is 5.75 Å². The van der Waals surface area contributed by atoms with Crippen LogP contribution in [0.25, 0.3) is 0 Å². The smallest absolute Gasteiger partial charge is 0.125 e. The first kappa shape index (κ1) is 14.0. The fourth-order valence-electron chi connectivity index (χ4n) is 1.69. The molecule has 3 nitrogen and oxygen atoms in total. The van der Waals surface area contributed by atoms with E-state index in [9.17, 15) is 5.11 Å². The molecule has 17 heavy (non-hydrogen) atoms. The van der Waals surface area contributed by atoms with E-state index in [0.717, 1.165) is 23.3 Å². The molecular weight excluding hydrogens is 214 g/mol. The van der Waals surface area contributed by atoms with Crippen LogP contribution in [0.4, 0.5) is 0 Å². The summed E-state index contributed by atoms with van der Waals surface area (Å²) in [5, 5.41) is 12.4. The number of rotatable bonds is 6. The van der Waals surface area contributed by atoms with Gasteiger partial charge in [-0.15, -0.1) is 0 Å².